The van der Waals surface area contributed by atoms with Crippen LogP contribution >= 0.6 is 11.6 Å². The second kappa shape index (κ2) is 4.63. The van der Waals surface area contributed by atoms with E-state index < -0.39 is 5.60 Å². The minimum absolute atomic E-state index is 0.500. The molecule has 0 aliphatic rings. The van der Waals surface area contributed by atoms with Crippen LogP contribution in [0.2, 0.25) is 5.02 Å². The van der Waals surface area contributed by atoms with Gasteiger partial charge in [0.1, 0.15) is 17.2 Å². The van der Waals surface area contributed by atoms with Crippen molar-refractivity contribution in [3.63, 3.8) is 0 Å². The summed E-state index contributed by atoms with van der Waals surface area (Å²) in [5, 5.41) is 10.5. The van der Waals surface area contributed by atoms with Crippen molar-refractivity contribution >= 4 is 11.6 Å². The van der Waals surface area contributed by atoms with E-state index in [4.69, 9.17) is 16.3 Å². The molecule has 0 atom stereocenters. The van der Waals surface area contributed by atoms with Crippen molar-refractivity contribution in [1.82, 2.24) is 9.97 Å². The van der Waals surface area contributed by atoms with Crippen LogP contribution in [0.15, 0.2) is 24.4 Å². The number of nitrogens with one attached hydrogen (secondary N) is 1. The molecule has 1 aromatic heterocycles. The molecule has 1 heterocycles. The number of H-pyrrole nitrogens is 1. The lowest BCUT2D eigenvalue weighted by Gasteiger charge is -2.13. The first-order chi connectivity index (χ1) is 8.41. The quantitative estimate of drug-likeness (QED) is 0.898. The maximum absolute atomic E-state index is 9.88. The molecule has 4 nitrogen and oxygen atoms in total. The second-order valence-electron chi connectivity index (χ2n) is 4.55. The zero-order valence-corrected chi connectivity index (χ0v) is 11.2. The summed E-state index contributed by atoms with van der Waals surface area (Å²) in [5.41, 5.74) is 0.559. The summed E-state index contributed by atoms with van der Waals surface area (Å²) in [5.74, 6) is 1.20. The van der Waals surface area contributed by atoms with Gasteiger partial charge in [-0.3, -0.25) is 0 Å². The average molecular weight is 267 g/mol. The van der Waals surface area contributed by atoms with E-state index in [1.165, 1.54) is 0 Å². The summed E-state index contributed by atoms with van der Waals surface area (Å²) in [7, 11) is 1.60. The summed E-state index contributed by atoms with van der Waals surface area (Å²) < 4.78 is 5.28. The first-order valence-electron chi connectivity index (χ1n) is 5.53. The first kappa shape index (κ1) is 12.9. The minimum Gasteiger partial charge on any atom is -0.496 e. The molecule has 2 aromatic rings. The van der Waals surface area contributed by atoms with Gasteiger partial charge in [-0.1, -0.05) is 11.6 Å². The van der Waals surface area contributed by atoms with Gasteiger partial charge in [0.05, 0.1) is 19.0 Å². The maximum Gasteiger partial charge on any atom is 0.138 e. The highest BCUT2D eigenvalue weighted by atomic mass is 35.5. The lowest BCUT2D eigenvalue weighted by Crippen LogP contribution is -2.17. The Morgan fingerprint density at radius 3 is 2.67 bits per heavy atom. The van der Waals surface area contributed by atoms with Crippen LogP contribution in [-0.4, -0.2) is 22.2 Å². The highest BCUT2D eigenvalue weighted by molar-refractivity contribution is 6.30. The Labute approximate surface area is 111 Å². The Hall–Kier alpha value is -1.52. The topological polar surface area (TPSA) is 58.1 Å². The number of hydrogen-bond acceptors (Lipinski definition) is 3. The van der Waals surface area contributed by atoms with Gasteiger partial charge in [-0.15, -0.1) is 0 Å². The lowest BCUT2D eigenvalue weighted by atomic mass is 10.1. The number of imidazole rings is 1. The van der Waals surface area contributed by atoms with E-state index in [9.17, 15) is 5.11 Å². The molecule has 0 unspecified atom stereocenters. The number of rotatable bonds is 3. The average Bonchev–Trinajstić information content (AvgIpc) is 2.77. The van der Waals surface area contributed by atoms with Crippen molar-refractivity contribution in [2.24, 2.45) is 0 Å². The van der Waals surface area contributed by atoms with Crippen LogP contribution in [-0.2, 0) is 5.60 Å². The number of aliphatic hydroxyl groups is 1. The van der Waals surface area contributed by atoms with Gasteiger partial charge in [-0.2, -0.15) is 0 Å². The molecule has 2 rings (SSSR count). The second-order valence-corrected chi connectivity index (χ2v) is 4.99. The van der Waals surface area contributed by atoms with Crippen molar-refractivity contribution in [3.8, 4) is 17.0 Å². The van der Waals surface area contributed by atoms with E-state index >= 15 is 0 Å². The predicted octanol–water partition coefficient (Wildman–Crippen LogP) is 2.97. The van der Waals surface area contributed by atoms with Crippen molar-refractivity contribution in [2.75, 3.05) is 7.11 Å². The van der Waals surface area contributed by atoms with Gasteiger partial charge in [0.2, 0.25) is 0 Å². The molecule has 0 aliphatic heterocycles. The number of methoxy groups -OCH3 is 1. The number of nitrogens with zero attached hydrogens (tertiary/aromatic N) is 1. The van der Waals surface area contributed by atoms with Gasteiger partial charge in [-0.25, -0.2) is 4.98 Å². The predicted molar refractivity (Wildman–Crippen MR) is 70.8 cm³/mol. The Bertz CT molecular complexity index is 558. The lowest BCUT2D eigenvalue weighted by molar-refractivity contribution is 0.0697. The molecular formula is C13H15ClN2O2. The standard InChI is InChI=1S/C13H15ClN2O2/c1-13(2,17)12-15-7-10(16-12)9-6-8(14)4-5-11(9)18-3/h4-7,17H,1-3H3,(H,15,16). The van der Waals surface area contributed by atoms with Crippen molar-refractivity contribution in [3.05, 3.63) is 35.2 Å². The molecule has 0 bridgehead atoms. The third-order valence-corrected chi connectivity index (χ3v) is 2.84. The highest BCUT2D eigenvalue weighted by Gasteiger charge is 2.20. The van der Waals surface area contributed by atoms with Gasteiger partial charge >= 0.3 is 0 Å². The molecule has 18 heavy (non-hydrogen) atoms. The maximum atomic E-state index is 9.88. The SMILES string of the molecule is COc1ccc(Cl)cc1-c1cnc(C(C)(C)O)[nH]1. The molecule has 0 radical (unpaired) electrons. The number of halogens is 1. The summed E-state index contributed by atoms with van der Waals surface area (Å²) in [6.45, 7) is 3.34. The Balaban J connectivity index is 2.49. The molecule has 5 heteroatoms. The van der Waals surface area contributed by atoms with E-state index in [0.29, 0.717) is 16.6 Å². The monoisotopic (exact) mass is 266 g/mol. The fraction of sp³-hybridized carbons (Fsp3) is 0.308. The largest absolute Gasteiger partial charge is 0.496 e. The molecule has 2 N–H and O–H groups in total. The zero-order valence-electron chi connectivity index (χ0n) is 10.5. The minimum atomic E-state index is -1.01. The van der Waals surface area contributed by atoms with Gasteiger partial charge in [0, 0.05) is 10.6 Å². The van der Waals surface area contributed by atoms with E-state index in [1.54, 1.807) is 45.4 Å². The van der Waals surface area contributed by atoms with Crippen LogP contribution in [0.3, 0.4) is 0 Å². The van der Waals surface area contributed by atoms with Crippen molar-refractivity contribution in [2.45, 2.75) is 19.4 Å². The van der Waals surface area contributed by atoms with E-state index in [2.05, 4.69) is 9.97 Å². The van der Waals surface area contributed by atoms with E-state index in [-0.39, 0.29) is 0 Å². The molecule has 0 saturated carbocycles. The Morgan fingerprint density at radius 2 is 2.11 bits per heavy atom. The van der Waals surface area contributed by atoms with E-state index in [1.807, 2.05) is 0 Å². The third-order valence-electron chi connectivity index (χ3n) is 2.61. The first-order valence-corrected chi connectivity index (χ1v) is 5.91. The molecule has 0 aliphatic carbocycles. The summed E-state index contributed by atoms with van der Waals surface area (Å²) in [6, 6.07) is 5.35. The smallest absolute Gasteiger partial charge is 0.138 e. The molecule has 0 spiro atoms. The Morgan fingerprint density at radius 1 is 1.39 bits per heavy atom. The molecule has 1 aromatic carbocycles. The van der Waals surface area contributed by atoms with E-state index in [0.717, 1.165) is 11.3 Å². The fourth-order valence-corrected chi connectivity index (χ4v) is 1.83. The highest BCUT2D eigenvalue weighted by Crippen LogP contribution is 2.32. The van der Waals surface area contributed by atoms with Crippen LogP contribution in [0, 0.1) is 0 Å². The van der Waals surface area contributed by atoms with Crippen LogP contribution < -0.4 is 4.74 Å². The van der Waals surface area contributed by atoms with Crippen LogP contribution in [0.1, 0.15) is 19.7 Å². The molecular weight excluding hydrogens is 252 g/mol. The van der Waals surface area contributed by atoms with Gasteiger partial charge < -0.3 is 14.8 Å². The summed E-state index contributed by atoms with van der Waals surface area (Å²) in [4.78, 5) is 7.24. The molecule has 0 saturated heterocycles. The van der Waals surface area contributed by atoms with Crippen LogP contribution in [0.5, 0.6) is 5.75 Å². The van der Waals surface area contributed by atoms with Crippen molar-refractivity contribution in [1.29, 1.82) is 0 Å². The van der Waals surface area contributed by atoms with Gasteiger partial charge in [0.15, 0.2) is 0 Å². The number of benzene rings is 1. The van der Waals surface area contributed by atoms with Crippen LogP contribution in [0.25, 0.3) is 11.3 Å². The zero-order chi connectivity index (χ0) is 13.3. The van der Waals surface area contributed by atoms with Gasteiger partial charge in [0.25, 0.3) is 0 Å². The van der Waals surface area contributed by atoms with Crippen molar-refractivity contribution < 1.29 is 9.84 Å². The Kier molecular flexibility index (Phi) is 3.32. The number of ether oxygens (including phenoxy) is 1. The third kappa shape index (κ3) is 2.49. The molecule has 96 valence electrons. The van der Waals surface area contributed by atoms with Gasteiger partial charge in [-0.05, 0) is 32.0 Å². The molecule has 0 amide bonds. The molecule has 0 fully saturated rings. The number of hydrogen-bond donors (Lipinski definition) is 2. The fourth-order valence-electron chi connectivity index (χ4n) is 1.66. The normalized spacial score (nSPS) is 11.6. The number of aromatic nitrogens is 2. The summed E-state index contributed by atoms with van der Waals surface area (Å²) in [6.07, 6.45) is 1.65. The number of aromatic amines is 1. The summed E-state index contributed by atoms with van der Waals surface area (Å²) >= 11 is 5.98. The van der Waals surface area contributed by atoms with Crippen LogP contribution in [0.4, 0.5) is 0 Å².